The third kappa shape index (κ3) is 1.90. The summed E-state index contributed by atoms with van der Waals surface area (Å²) in [5.41, 5.74) is 1.33. The number of ketones is 1. The summed E-state index contributed by atoms with van der Waals surface area (Å²) < 4.78 is 35.2. The van der Waals surface area contributed by atoms with Gasteiger partial charge in [0.2, 0.25) is 5.60 Å². The summed E-state index contributed by atoms with van der Waals surface area (Å²) in [6.45, 7) is -0.450. The molecule has 0 aromatic heterocycles. The summed E-state index contributed by atoms with van der Waals surface area (Å²) in [4.78, 5) is 10.4. The standard InChI is InChI=1S/C5H8F3NO2/c1-4(11,3(10)2-9)5(6,7)8/h11H,2,9H2,1H3/t4-/m1/s1. The van der Waals surface area contributed by atoms with Gasteiger partial charge in [-0.2, -0.15) is 13.2 Å². The average molecular weight is 171 g/mol. The van der Waals surface area contributed by atoms with E-state index in [9.17, 15) is 18.0 Å². The molecule has 0 amide bonds. The molecule has 6 heteroatoms. The Morgan fingerprint density at radius 1 is 1.55 bits per heavy atom. The summed E-state index contributed by atoms with van der Waals surface area (Å²) >= 11 is 0. The molecule has 0 rings (SSSR count). The Morgan fingerprint density at radius 3 is 2.00 bits per heavy atom. The lowest BCUT2D eigenvalue weighted by Gasteiger charge is -2.23. The van der Waals surface area contributed by atoms with Gasteiger partial charge in [-0.25, -0.2) is 0 Å². The predicted molar refractivity (Wildman–Crippen MR) is 30.7 cm³/mol. The van der Waals surface area contributed by atoms with E-state index in [4.69, 9.17) is 5.11 Å². The van der Waals surface area contributed by atoms with Crippen molar-refractivity contribution in [1.82, 2.24) is 0 Å². The summed E-state index contributed by atoms with van der Waals surface area (Å²) in [6.07, 6.45) is -4.95. The molecule has 0 aliphatic carbocycles. The Balaban J connectivity index is 4.59. The first-order chi connectivity index (χ1) is 4.73. The van der Waals surface area contributed by atoms with Crippen LogP contribution in [0.15, 0.2) is 0 Å². The molecule has 0 spiro atoms. The molecule has 3 N–H and O–H groups in total. The van der Waals surface area contributed by atoms with Gasteiger partial charge in [-0.05, 0) is 6.92 Å². The Bertz CT molecular complexity index is 164. The lowest BCUT2D eigenvalue weighted by atomic mass is 10.0. The Morgan fingerprint density at radius 2 is 1.91 bits per heavy atom. The number of aliphatic hydroxyl groups is 1. The molecule has 0 heterocycles. The summed E-state index contributed by atoms with van der Waals surface area (Å²) in [5, 5.41) is 8.56. The van der Waals surface area contributed by atoms with Crippen molar-refractivity contribution in [2.75, 3.05) is 6.54 Å². The maximum absolute atomic E-state index is 11.7. The first-order valence-electron chi connectivity index (χ1n) is 2.76. The van der Waals surface area contributed by atoms with Gasteiger partial charge < -0.3 is 10.8 Å². The second-order valence-corrected chi connectivity index (χ2v) is 2.20. The molecular formula is C5H8F3NO2. The number of nitrogens with two attached hydrogens (primary N) is 1. The molecule has 0 saturated heterocycles. The van der Waals surface area contributed by atoms with E-state index in [1.54, 1.807) is 0 Å². The van der Waals surface area contributed by atoms with Crippen LogP contribution in [0, 0.1) is 0 Å². The quantitative estimate of drug-likeness (QED) is 0.606. The zero-order valence-electron chi connectivity index (χ0n) is 5.77. The van der Waals surface area contributed by atoms with Gasteiger partial charge >= 0.3 is 6.18 Å². The van der Waals surface area contributed by atoms with Crippen LogP contribution >= 0.6 is 0 Å². The first kappa shape index (κ1) is 10.4. The molecule has 0 saturated carbocycles. The number of Topliss-reactive ketones (excluding diaryl/α,β-unsaturated/α-hetero) is 1. The van der Waals surface area contributed by atoms with Crippen molar-refractivity contribution in [2.45, 2.75) is 18.7 Å². The molecule has 1 atom stereocenters. The Labute approximate surface area is 61.0 Å². The van der Waals surface area contributed by atoms with E-state index in [2.05, 4.69) is 5.73 Å². The molecule has 0 aliphatic heterocycles. The van der Waals surface area contributed by atoms with Gasteiger partial charge in [0.05, 0.1) is 6.54 Å². The van der Waals surface area contributed by atoms with E-state index >= 15 is 0 Å². The average Bonchev–Trinajstić information content (AvgIpc) is 1.83. The Hall–Kier alpha value is -0.620. The van der Waals surface area contributed by atoms with E-state index in [1.165, 1.54) is 0 Å². The lowest BCUT2D eigenvalue weighted by Crippen LogP contribution is -2.51. The number of hydrogen-bond donors (Lipinski definition) is 2. The van der Waals surface area contributed by atoms with Crippen molar-refractivity contribution in [3.8, 4) is 0 Å². The normalized spacial score (nSPS) is 17.6. The zero-order chi connectivity index (χ0) is 9.28. The highest BCUT2D eigenvalue weighted by Gasteiger charge is 2.54. The highest BCUT2D eigenvalue weighted by molar-refractivity contribution is 5.89. The first-order valence-corrected chi connectivity index (χ1v) is 2.76. The molecule has 0 aromatic rings. The minimum Gasteiger partial charge on any atom is -0.374 e. The van der Waals surface area contributed by atoms with E-state index in [1.807, 2.05) is 0 Å². The molecule has 0 fully saturated rings. The van der Waals surface area contributed by atoms with Crippen LogP contribution in [0.5, 0.6) is 0 Å². The minimum atomic E-state index is -4.95. The van der Waals surface area contributed by atoms with Crippen molar-refractivity contribution in [3.05, 3.63) is 0 Å². The predicted octanol–water partition coefficient (Wildman–Crippen LogP) is -0.173. The van der Waals surface area contributed by atoms with Gasteiger partial charge in [0.1, 0.15) is 0 Å². The fourth-order valence-electron chi connectivity index (χ4n) is 0.357. The number of rotatable bonds is 2. The molecule has 0 unspecified atom stereocenters. The van der Waals surface area contributed by atoms with Crippen molar-refractivity contribution in [1.29, 1.82) is 0 Å². The molecule has 11 heavy (non-hydrogen) atoms. The molecule has 3 nitrogen and oxygen atoms in total. The Kier molecular flexibility index (Phi) is 2.63. The van der Waals surface area contributed by atoms with Crippen LogP contribution in [0.25, 0.3) is 0 Å². The third-order valence-corrected chi connectivity index (χ3v) is 1.28. The van der Waals surface area contributed by atoms with Gasteiger partial charge in [0.15, 0.2) is 5.78 Å². The van der Waals surface area contributed by atoms with E-state index < -0.39 is 24.1 Å². The fourth-order valence-corrected chi connectivity index (χ4v) is 0.357. The third-order valence-electron chi connectivity index (χ3n) is 1.28. The van der Waals surface area contributed by atoms with Crippen molar-refractivity contribution >= 4 is 5.78 Å². The zero-order valence-corrected chi connectivity index (χ0v) is 5.77. The topological polar surface area (TPSA) is 63.3 Å². The van der Waals surface area contributed by atoms with Crippen LogP contribution in [0.2, 0.25) is 0 Å². The maximum atomic E-state index is 11.7. The van der Waals surface area contributed by atoms with E-state index in [0.717, 1.165) is 0 Å². The van der Waals surface area contributed by atoms with Gasteiger partial charge in [-0.3, -0.25) is 4.79 Å². The minimum absolute atomic E-state index is 0.377. The smallest absolute Gasteiger partial charge is 0.374 e. The number of carbonyl (C=O) groups excluding carboxylic acids is 1. The van der Waals surface area contributed by atoms with Crippen molar-refractivity contribution < 1.29 is 23.1 Å². The second kappa shape index (κ2) is 2.78. The SMILES string of the molecule is C[C@@](O)(C(=O)CN)C(F)(F)F. The van der Waals surface area contributed by atoms with Crippen LogP contribution in [0.4, 0.5) is 13.2 Å². The van der Waals surface area contributed by atoms with E-state index in [-0.39, 0.29) is 0 Å². The van der Waals surface area contributed by atoms with Crippen LogP contribution < -0.4 is 5.73 Å². The number of alkyl halides is 3. The van der Waals surface area contributed by atoms with Gasteiger partial charge in [0.25, 0.3) is 0 Å². The molecule has 0 aliphatic rings. The molecule has 66 valence electrons. The highest BCUT2D eigenvalue weighted by atomic mass is 19.4. The lowest BCUT2D eigenvalue weighted by molar-refractivity contribution is -0.243. The number of hydrogen-bond acceptors (Lipinski definition) is 3. The van der Waals surface area contributed by atoms with Crippen LogP contribution in [-0.4, -0.2) is 29.2 Å². The molecule has 0 aromatic carbocycles. The maximum Gasteiger partial charge on any atom is 0.424 e. The summed E-state index contributed by atoms with van der Waals surface area (Å²) in [6, 6.07) is 0. The number of carbonyl (C=O) groups is 1. The molecular weight excluding hydrogens is 163 g/mol. The summed E-state index contributed by atoms with van der Waals surface area (Å²) in [7, 11) is 0. The number of halogens is 3. The monoisotopic (exact) mass is 171 g/mol. The van der Waals surface area contributed by atoms with Crippen LogP contribution in [0.3, 0.4) is 0 Å². The van der Waals surface area contributed by atoms with Crippen molar-refractivity contribution in [3.63, 3.8) is 0 Å². The van der Waals surface area contributed by atoms with Crippen molar-refractivity contribution in [2.24, 2.45) is 5.73 Å². The second-order valence-electron chi connectivity index (χ2n) is 2.20. The fraction of sp³-hybridized carbons (Fsp3) is 0.800. The van der Waals surface area contributed by atoms with Gasteiger partial charge in [-0.1, -0.05) is 0 Å². The summed E-state index contributed by atoms with van der Waals surface area (Å²) in [5.74, 6) is -1.44. The van der Waals surface area contributed by atoms with Crippen LogP contribution in [-0.2, 0) is 4.79 Å². The molecule has 0 bridgehead atoms. The van der Waals surface area contributed by atoms with Crippen LogP contribution in [0.1, 0.15) is 6.92 Å². The van der Waals surface area contributed by atoms with Gasteiger partial charge in [-0.15, -0.1) is 0 Å². The van der Waals surface area contributed by atoms with Gasteiger partial charge in [0, 0.05) is 0 Å². The highest BCUT2D eigenvalue weighted by Crippen LogP contribution is 2.30. The molecule has 0 radical (unpaired) electrons. The van der Waals surface area contributed by atoms with E-state index in [0.29, 0.717) is 6.92 Å². The largest absolute Gasteiger partial charge is 0.424 e.